The van der Waals surface area contributed by atoms with Gasteiger partial charge in [-0.2, -0.15) is 0 Å². The summed E-state index contributed by atoms with van der Waals surface area (Å²) in [5, 5.41) is 15.3. The topological polar surface area (TPSA) is 66.9 Å². The van der Waals surface area contributed by atoms with Gasteiger partial charge in [0.15, 0.2) is 4.34 Å². The zero-order valence-corrected chi connectivity index (χ0v) is 17.2. The van der Waals surface area contributed by atoms with Gasteiger partial charge >= 0.3 is 0 Å². The molecule has 28 heavy (non-hydrogen) atoms. The van der Waals surface area contributed by atoms with Crippen LogP contribution in [0.4, 0.5) is 10.8 Å². The molecule has 1 saturated carbocycles. The SMILES string of the molecule is CCc1ccc(Nc2nnc(S[C@H](C(=O)NC3CC3)c3ccccc3)s2)cc1. The van der Waals surface area contributed by atoms with E-state index in [1.54, 1.807) is 0 Å². The molecular formula is C21H22N4OS2. The first-order chi connectivity index (χ1) is 13.7. The van der Waals surface area contributed by atoms with Crippen LogP contribution in [0.15, 0.2) is 58.9 Å². The molecule has 1 aliphatic rings. The fourth-order valence-electron chi connectivity index (χ4n) is 2.76. The molecule has 144 valence electrons. The molecule has 1 fully saturated rings. The van der Waals surface area contributed by atoms with E-state index in [0.717, 1.165) is 40.0 Å². The van der Waals surface area contributed by atoms with Crippen molar-refractivity contribution < 1.29 is 4.79 Å². The summed E-state index contributed by atoms with van der Waals surface area (Å²) in [5.74, 6) is 0.0403. The van der Waals surface area contributed by atoms with Crippen molar-refractivity contribution in [2.24, 2.45) is 0 Å². The number of benzene rings is 2. The van der Waals surface area contributed by atoms with E-state index in [9.17, 15) is 4.79 Å². The first kappa shape index (κ1) is 19.0. The lowest BCUT2D eigenvalue weighted by atomic mass is 10.1. The molecule has 0 aliphatic heterocycles. The van der Waals surface area contributed by atoms with Crippen LogP contribution in [0.3, 0.4) is 0 Å². The molecule has 1 amide bonds. The van der Waals surface area contributed by atoms with Crippen molar-refractivity contribution in [3.8, 4) is 0 Å². The maximum atomic E-state index is 12.8. The van der Waals surface area contributed by atoms with Crippen LogP contribution in [-0.2, 0) is 11.2 Å². The average Bonchev–Trinajstić information content (AvgIpc) is 3.44. The van der Waals surface area contributed by atoms with E-state index >= 15 is 0 Å². The van der Waals surface area contributed by atoms with Crippen LogP contribution in [-0.4, -0.2) is 22.1 Å². The third-order valence-electron chi connectivity index (χ3n) is 4.50. The summed E-state index contributed by atoms with van der Waals surface area (Å²) in [4.78, 5) is 12.8. The predicted molar refractivity (Wildman–Crippen MR) is 115 cm³/mol. The monoisotopic (exact) mass is 410 g/mol. The normalized spacial score (nSPS) is 14.5. The molecule has 0 unspecified atom stereocenters. The number of nitrogens with zero attached hydrogens (tertiary/aromatic N) is 2. The van der Waals surface area contributed by atoms with E-state index in [0.29, 0.717) is 6.04 Å². The first-order valence-electron chi connectivity index (χ1n) is 9.42. The number of carbonyl (C=O) groups is 1. The lowest BCUT2D eigenvalue weighted by Gasteiger charge is -2.15. The summed E-state index contributed by atoms with van der Waals surface area (Å²) >= 11 is 2.91. The van der Waals surface area contributed by atoms with E-state index in [1.165, 1.54) is 28.7 Å². The molecule has 0 spiro atoms. The molecule has 0 radical (unpaired) electrons. The molecule has 1 aromatic heterocycles. The third kappa shape index (κ3) is 4.91. The van der Waals surface area contributed by atoms with Crippen LogP contribution in [0, 0.1) is 0 Å². The van der Waals surface area contributed by atoms with Crippen molar-refractivity contribution in [2.45, 2.75) is 41.8 Å². The van der Waals surface area contributed by atoms with Gasteiger partial charge in [-0.05, 0) is 42.5 Å². The maximum absolute atomic E-state index is 12.8. The lowest BCUT2D eigenvalue weighted by molar-refractivity contribution is -0.120. The van der Waals surface area contributed by atoms with Gasteiger partial charge in [-0.3, -0.25) is 4.79 Å². The quantitative estimate of drug-likeness (QED) is 0.514. The fraction of sp³-hybridized carbons (Fsp3) is 0.286. The Hall–Kier alpha value is -2.38. The number of aryl methyl sites for hydroxylation is 1. The Kier molecular flexibility index (Phi) is 5.92. The molecule has 4 rings (SSSR count). The zero-order valence-electron chi connectivity index (χ0n) is 15.6. The first-order valence-corrected chi connectivity index (χ1v) is 11.1. The number of amides is 1. The van der Waals surface area contributed by atoms with Crippen LogP contribution in [0.25, 0.3) is 0 Å². The van der Waals surface area contributed by atoms with Gasteiger partial charge in [0.05, 0.1) is 0 Å². The number of hydrogen-bond acceptors (Lipinski definition) is 6. The van der Waals surface area contributed by atoms with Gasteiger partial charge in [0.25, 0.3) is 0 Å². The van der Waals surface area contributed by atoms with Crippen molar-refractivity contribution in [2.75, 3.05) is 5.32 Å². The highest BCUT2D eigenvalue weighted by Crippen LogP contribution is 2.39. The third-order valence-corrected chi connectivity index (χ3v) is 6.68. The Balaban J connectivity index is 1.46. The lowest BCUT2D eigenvalue weighted by Crippen LogP contribution is -2.29. The highest BCUT2D eigenvalue weighted by Gasteiger charge is 2.29. The standard InChI is InChI=1S/C21H22N4OS2/c1-2-14-8-10-17(11-9-14)23-20-24-25-21(28-20)27-18(15-6-4-3-5-7-15)19(26)22-16-12-13-16/h3-11,16,18H,2,12-13H2,1H3,(H,22,26)(H,23,24)/t18-/m0/s1. The number of aromatic nitrogens is 2. The highest BCUT2D eigenvalue weighted by atomic mass is 32.2. The molecule has 3 aromatic rings. The minimum Gasteiger partial charge on any atom is -0.352 e. The Morgan fingerprint density at radius 3 is 2.57 bits per heavy atom. The molecule has 7 heteroatoms. The largest absolute Gasteiger partial charge is 0.352 e. The number of nitrogens with one attached hydrogen (secondary N) is 2. The van der Waals surface area contributed by atoms with E-state index < -0.39 is 0 Å². The summed E-state index contributed by atoms with van der Waals surface area (Å²) in [5.41, 5.74) is 3.26. The Morgan fingerprint density at radius 2 is 1.89 bits per heavy atom. The molecule has 0 saturated heterocycles. The van der Waals surface area contributed by atoms with E-state index in [4.69, 9.17) is 0 Å². The van der Waals surface area contributed by atoms with E-state index in [1.807, 2.05) is 42.5 Å². The smallest absolute Gasteiger partial charge is 0.238 e. The number of carbonyl (C=O) groups excluding carboxylic acids is 1. The van der Waals surface area contributed by atoms with Crippen molar-refractivity contribution in [1.29, 1.82) is 0 Å². The van der Waals surface area contributed by atoms with Crippen molar-refractivity contribution in [3.63, 3.8) is 0 Å². The average molecular weight is 411 g/mol. The minimum atomic E-state index is -0.327. The summed E-state index contributed by atoms with van der Waals surface area (Å²) < 4.78 is 0.771. The van der Waals surface area contributed by atoms with Crippen LogP contribution >= 0.6 is 23.1 Å². The Labute approximate surface area is 173 Å². The molecule has 5 nitrogen and oxygen atoms in total. The van der Waals surface area contributed by atoms with Gasteiger partial charge in [-0.25, -0.2) is 0 Å². The molecule has 0 bridgehead atoms. The van der Waals surface area contributed by atoms with Gasteiger partial charge in [0, 0.05) is 11.7 Å². The second-order valence-corrected chi connectivity index (χ2v) is 9.07. The zero-order chi connectivity index (χ0) is 19.3. The summed E-state index contributed by atoms with van der Waals surface area (Å²) in [7, 11) is 0. The van der Waals surface area contributed by atoms with Crippen molar-refractivity contribution in [1.82, 2.24) is 15.5 Å². The minimum absolute atomic E-state index is 0.0403. The number of rotatable bonds is 8. The van der Waals surface area contributed by atoms with Gasteiger partial charge < -0.3 is 10.6 Å². The fourth-order valence-corrected chi connectivity index (χ4v) is 4.73. The van der Waals surface area contributed by atoms with Crippen LogP contribution in [0.1, 0.15) is 36.1 Å². The van der Waals surface area contributed by atoms with Gasteiger partial charge in [0.1, 0.15) is 5.25 Å². The maximum Gasteiger partial charge on any atom is 0.238 e. The highest BCUT2D eigenvalue weighted by molar-refractivity contribution is 8.01. The second kappa shape index (κ2) is 8.75. The number of anilines is 2. The van der Waals surface area contributed by atoms with Crippen LogP contribution in [0.5, 0.6) is 0 Å². The van der Waals surface area contributed by atoms with Gasteiger partial charge in [0.2, 0.25) is 11.0 Å². The Morgan fingerprint density at radius 1 is 1.14 bits per heavy atom. The summed E-state index contributed by atoms with van der Waals surface area (Å²) in [6, 6.07) is 18.5. The molecule has 2 N–H and O–H groups in total. The predicted octanol–water partition coefficient (Wildman–Crippen LogP) is 4.96. The van der Waals surface area contributed by atoms with Crippen molar-refractivity contribution >= 4 is 39.8 Å². The number of hydrogen-bond donors (Lipinski definition) is 2. The molecule has 2 aromatic carbocycles. The van der Waals surface area contributed by atoms with Crippen molar-refractivity contribution in [3.05, 3.63) is 65.7 Å². The Bertz CT molecular complexity index is 923. The molecule has 1 atom stereocenters. The summed E-state index contributed by atoms with van der Waals surface area (Å²) in [6.07, 6.45) is 3.16. The molecule has 1 heterocycles. The van der Waals surface area contributed by atoms with Gasteiger partial charge in [-0.1, -0.05) is 72.5 Å². The van der Waals surface area contributed by atoms with Gasteiger partial charge in [-0.15, -0.1) is 10.2 Å². The van der Waals surface area contributed by atoms with E-state index in [2.05, 4.69) is 39.9 Å². The van der Waals surface area contributed by atoms with E-state index in [-0.39, 0.29) is 11.2 Å². The summed E-state index contributed by atoms with van der Waals surface area (Å²) in [6.45, 7) is 2.14. The number of thioether (sulfide) groups is 1. The second-order valence-electron chi connectivity index (χ2n) is 6.74. The molecular weight excluding hydrogens is 388 g/mol. The molecule has 1 aliphatic carbocycles. The van der Waals surface area contributed by atoms with Crippen LogP contribution in [0.2, 0.25) is 0 Å². The van der Waals surface area contributed by atoms with Crippen LogP contribution < -0.4 is 10.6 Å².